The molecule has 0 radical (unpaired) electrons. The van der Waals surface area contributed by atoms with E-state index in [-0.39, 0.29) is 66.3 Å². The Hall–Kier alpha value is -4.24. The Morgan fingerprint density at radius 1 is 1.00 bits per heavy atom. The van der Waals surface area contributed by atoms with Crippen LogP contribution in [0.5, 0.6) is 5.88 Å². The minimum absolute atomic E-state index is 0.0127. The maximum Gasteiger partial charge on any atom is 0.410 e. The number of amides is 1. The number of benzene rings is 2. The highest BCUT2D eigenvalue weighted by molar-refractivity contribution is 7.92. The molecule has 2 aliphatic carbocycles. The van der Waals surface area contributed by atoms with Crippen LogP contribution in [0.4, 0.5) is 23.9 Å². The molecule has 1 amide bonds. The van der Waals surface area contributed by atoms with Crippen molar-refractivity contribution in [3.8, 4) is 17.1 Å². The highest BCUT2D eigenvalue weighted by Crippen LogP contribution is 2.61. The van der Waals surface area contributed by atoms with Gasteiger partial charge in [0.15, 0.2) is 0 Å². The lowest BCUT2D eigenvalue weighted by Gasteiger charge is -2.42. The fraction of sp³-hybridized carbons (Fsp3) is 0.526. The van der Waals surface area contributed by atoms with E-state index >= 15 is 0 Å². The molecule has 0 unspecified atom stereocenters. The molecule has 1 aromatic heterocycles. The molecule has 1 heterocycles. The van der Waals surface area contributed by atoms with Crippen molar-refractivity contribution in [1.29, 1.82) is 0 Å². The minimum Gasteiger partial charge on any atom is -0.476 e. The van der Waals surface area contributed by atoms with Crippen molar-refractivity contribution < 1.29 is 40.7 Å². The molecule has 288 valence electrons. The van der Waals surface area contributed by atoms with Crippen molar-refractivity contribution in [2.24, 2.45) is 5.41 Å². The van der Waals surface area contributed by atoms with Crippen LogP contribution >= 0.6 is 0 Å². The lowest BCUT2D eigenvalue weighted by atomic mass is 9.87. The van der Waals surface area contributed by atoms with Crippen LogP contribution in [0.1, 0.15) is 80.3 Å². The van der Waals surface area contributed by atoms with Gasteiger partial charge in [-0.1, -0.05) is 30.3 Å². The summed E-state index contributed by atoms with van der Waals surface area (Å²) in [5.41, 5.74) is 1.17. The van der Waals surface area contributed by atoms with Crippen molar-refractivity contribution in [2.75, 3.05) is 25.4 Å². The van der Waals surface area contributed by atoms with Gasteiger partial charge >= 0.3 is 12.3 Å². The maximum absolute atomic E-state index is 14.3. The summed E-state index contributed by atoms with van der Waals surface area (Å²) in [5, 5.41) is 0. The van der Waals surface area contributed by atoms with E-state index in [1.54, 1.807) is 31.9 Å². The number of nitrogens with one attached hydrogen (secondary N) is 1. The molecule has 15 heteroatoms. The first-order chi connectivity index (χ1) is 24.9. The normalized spacial score (nSPS) is 19.1. The van der Waals surface area contributed by atoms with Gasteiger partial charge in [0.1, 0.15) is 12.9 Å². The number of halogens is 3. The number of aryl methyl sites for hydroxylation is 2. The summed E-state index contributed by atoms with van der Waals surface area (Å²) in [7, 11) is -0.724. The van der Waals surface area contributed by atoms with Gasteiger partial charge in [-0.05, 0) is 103 Å². The highest BCUT2D eigenvalue weighted by Gasteiger charge is 2.63. The SMILES string of the molecule is Cc1cccc(C)c1-c1cc(OC[C@@H](CC2(C(F)(F)F)CC2)N(C)[C@H]2CC[C@@H](N(C)C(=O)OC(C)C)CC2)nc(NS(=O)(=O)c2cccc(C=O)c2)n1. The zero-order chi connectivity index (χ0) is 38.7. The second-order valence-electron chi connectivity index (χ2n) is 14.6. The standard InChI is InChI=1S/C38H48F3N5O6S/c1-24(2)52-36(48)46(6)29-15-13-28(14-16-29)45(5)30(21-37(17-18-37)38(39,40)41)23-51-33-20-32(34-25(3)9-7-10-26(34)4)42-35(43-33)44-53(49,50)31-12-8-11-27(19-31)22-47/h7-12,19-20,22,24,28-30H,13-18,21,23H2,1-6H3,(H,42,43,44)/t28-,29+,30-/m1/s1. The zero-order valence-corrected chi connectivity index (χ0v) is 31.8. The van der Waals surface area contributed by atoms with Crippen LogP contribution in [0.3, 0.4) is 0 Å². The van der Waals surface area contributed by atoms with Gasteiger partial charge in [0.2, 0.25) is 11.8 Å². The van der Waals surface area contributed by atoms with E-state index in [9.17, 15) is 31.2 Å². The molecule has 0 saturated heterocycles. The lowest BCUT2D eigenvalue weighted by molar-refractivity contribution is -0.193. The Labute approximate surface area is 309 Å². The first-order valence-electron chi connectivity index (χ1n) is 17.8. The molecule has 0 bridgehead atoms. The van der Waals surface area contributed by atoms with Gasteiger partial charge in [0.25, 0.3) is 10.0 Å². The molecule has 2 aromatic carbocycles. The predicted octanol–water partition coefficient (Wildman–Crippen LogP) is 7.57. The van der Waals surface area contributed by atoms with Crippen molar-refractivity contribution in [1.82, 2.24) is 19.8 Å². The Bertz CT molecular complexity index is 1870. The third-order valence-corrected chi connectivity index (χ3v) is 11.8. The number of ether oxygens (including phenoxy) is 2. The number of sulfonamides is 1. The zero-order valence-electron chi connectivity index (χ0n) is 30.9. The van der Waals surface area contributed by atoms with Crippen LogP contribution in [0, 0.1) is 19.3 Å². The third-order valence-electron chi connectivity index (χ3n) is 10.5. The maximum atomic E-state index is 14.3. The molecule has 3 aromatic rings. The Balaban J connectivity index is 1.42. The van der Waals surface area contributed by atoms with E-state index in [4.69, 9.17) is 9.47 Å². The van der Waals surface area contributed by atoms with Gasteiger partial charge in [-0.3, -0.25) is 9.69 Å². The molecular weight excluding hydrogens is 712 g/mol. The Kier molecular flexibility index (Phi) is 12.1. The second-order valence-corrected chi connectivity index (χ2v) is 16.3. The van der Waals surface area contributed by atoms with Gasteiger partial charge in [-0.25, -0.2) is 22.9 Å². The number of aromatic nitrogens is 2. The molecule has 1 atom stereocenters. The van der Waals surface area contributed by atoms with E-state index in [1.165, 1.54) is 24.3 Å². The third kappa shape index (κ3) is 9.47. The highest BCUT2D eigenvalue weighted by atomic mass is 32.2. The molecule has 53 heavy (non-hydrogen) atoms. The fourth-order valence-corrected chi connectivity index (χ4v) is 8.12. The van der Waals surface area contributed by atoms with E-state index in [0.29, 0.717) is 37.7 Å². The first kappa shape index (κ1) is 40.0. The molecule has 0 spiro atoms. The van der Waals surface area contributed by atoms with Gasteiger partial charge in [-0.2, -0.15) is 18.2 Å². The number of likely N-dealkylation sites (N-methyl/N-ethyl adjacent to an activating group) is 1. The predicted molar refractivity (Wildman–Crippen MR) is 194 cm³/mol. The summed E-state index contributed by atoms with van der Waals surface area (Å²) in [5.74, 6) is -0.310. The summed E-state index contributed by atoms with van der Waals surface area (Å²) in [6, 6.07) is 11.9. The quantitative estimate of drug-likeness (QED) is 0.165. The van der Waals surface area contributed by atoms with E-state index < -0.39 is 33.7 Å². The number of hydrogen-bond donors (Lipinski definition) is 1. The topological polar surface area (TPSA) is 131 Å². The number of anilines is 1. The number of hydrogen-bond acceptors (Lipinski definition) is 9. The number of rotatable bonds is 14. The summed E-state index contributed by atoms with van der Waals surface area (Å²) >= 11 is 0. The number of carbonyl (C=O) groups excluding carboxylic acids is 2. The van der Waals surface area contributed by atoms with Crippen molar-refractivity contribution in [3.05, 3.63) is 65.2 Å². The molecule has 5 rings (SSSR count). The minimum atomic E-state index is -4.37. The summed E-state index contributed by atoms with van der Waals surface area (Å²) in [6.07, 6.45) is -1.92. The lowest BCUT2D eigenvalue weighted by Crippen LogP contribution is -2.49. The largest absolute Gasteiger partial charge is 0.476 e. The second kappa shape index (κ2) is 16.0. The molecule has 11 nitrogen and oxygen atoms in total. The van der Waals surface area contributed by atoms with Gasteiger partial charge < -0.3 is 14.4 Å². The van der Waals surface area contributed by atoms with Crippen LogP contribution in [0.2, 0.25) is 0 Å². The number of aldehydes is 1. The van der Waals surface area contributed by atoms with Crippen molar-refractivity contribution >= 4 is 28.4 Å². The first-order valence-corrected chi connectivity index (χ1v) is 19.3. The Morgan fingerprint density at radius 3 is 2.21 bits per heavy atom. The summed E-state index contributed by atoms with van der Waals surface area (Å²) in [4.78, 5) is 36.1. The molecular formula is C38H48F3N5O6S. The van der Waals surface area contributed by atoms with Crippen molar-refractivity contribution in [3.63, 3.8) is 0 Å². The van der Waals surface area contributed by atoms with Gasteiger partial charge in [0.05, 0.1) is 22.1 Å². The average Bonchev–Trinajstić information content (AvgIpc) is 3.90. The van der Waals surface area contributed by atoms with Crippen LogP contribution < -0.4 is 9.46 Å². The van der Waals surface area contributed by atoms with E-state index in [0.717, 1.165) is 16.7 Å². The van der Waals surface area contributed by atoms with Crippen LogP contribution in [0.25, 0.3) is 11.3 Å². The molecule has 1 N–H and O–H groups in total. The molecule has 2 aliphatic rings. The average molecular weight is 760 g/mol. The number of carbonyl (C=O) groups is 2. The number of alkyl halides is 3. The summed E-state index contributed by atoms with van der Waals surface area (Å²) in [6.45, 7) is 7.20. The molecule has 2 saturated carbocycles. The molecule has 2 fully saturated rings. The smallest absolute Gasteiger partial charge is 0.410 e. The molecule has 0 aliphatic heterocycles. The van der Waals surface area contributed by atoms with E-state index in [1.807, 2.05) is 44.0 Å². The van der Waals surface area contributed by atoms with E-state index in [2.05, 4.69) is 14.7 Å². The Morgan fingerprint density at radius 2 is 1.62 bits per heavy atom. The van der Waals surface area contributed by atoms with Crippen LogP contribution in [-0.2, 0) is 14.8 Å². The van der Waals surface area contributed by atoms with Crippen LogP contribution in [0.15, 0.2) is 53.4 Å². The number of nitrogens with zero attached hydrogens (tertiary/aromatic N) is 4. The van der Waals surface area contributed by atoms with Gasteiger partial charge in [0, 0.05) is 42.4 Å². The fourth-order valence-electron chi connectivity index (χ4n) is 7.12. The van der Waals surface area contributed by atoms with Crippen molar-refractivity contribution in [2.45, 2.75) is 108 Å². The van der Waals surface area contributed by atoms with Gasteiger partial charge in [-0.15, -0.1) is 0 Å². The van der Waals surface area contributed by atoms with Crippen LogP contribution in [-0.4, -0.2) is 91.7 Å². The monoisotopic (exact) mass is 759 g/mol. The summed E-state index contributed by atoms with van der Waals surface area (Å²) < 4.78 is 83.8.